The minimum Gasteiger partial charge on any atom is -0.486 e. The Morgan fingerprint density at radius 3 is 2.85 bits per heavy atom. The summed E-state index contributed by atoms with van der Waals surface area (Å²) in [5.41, 5.74) is 0.144. The van der Waals surface area contributed by atoms with Crippen molar-refractivity contribution in [3.8, 4) is 11.5 Å². The van der Waals surface area contributed by atoms with Crippen molar-refractivity contribution in [2.24, 2.45) is 0 Å². The largest absolute Gasteiger partial charge is 0.486 e. The molecule has 4 rings (SSSR count). The number of hydrogen-bond acceptors (Lipinski definition) is 4. The third-order valence-electron chi connectivity index (χ3n) is 4.03. The number of halogens is 2. The summed E-state index contributed by atoms with van der Waals surface area (Å²) in [6, 6.07) is 10.2. The number of carbonyl (C=O) groups is 1. The van der Waals surface area contributed by atoms with Gasteiger partial charge in [0.1, 0.15) is 18.2 Å². The highest BCUT2D eigenvalue weighted by molar-refractivity contribution is 6.04. The molecule has 1 aliphatic rings. The highest BCUT2D eigenvalue weighted by Crippen LogP contribution is 2.31. The smallest absolute Gasteiger partial charge is 0.258 e. The molecule has 0 aliphatic carbocycles. The number of nitrogens with one attached hydrogen (secondary N) is 1. The van der Waals surface area contributed by atoms with Gasteiger partial charge in [-0.1, -0.05) is 12.1 Å². The summed E-state index contributed by atoms with van der Waals surface area (Å²) in [6.07, 6.45) is 2.80. The van der Waals surface area contributed by atoms with Crippen LogP contribution in [-0.2, 0) is 6.54 Å². The van der Waals surface area contributed by atoms with Gasteiger partial charge in [0.15, 0.2) is 17.6 Å². The van der Waals surface area contributed by atoms with Crippen LogP contribution in [0.4, 0.5) is 14.5 Å². The van der Waals surface area contributed by atoms with E-state index in [-0.39, 0.29) is 11.7 Å². The molecule has 27 heavy (non-hydrogen) atoms. The number of para-hydroxylation sites is 2. The van der Waals surface area contributed by atoms with Crippen LogP contribution in [0.2, 0.25) is 0 Å². The van der Waals surface area contributed by atoms with Crippen LogP contribution in [0.15, 0.2) is 54.9 Å². The first-order valence-corrected chi connectivity index (χ1v) is 8.26. The summed E-state index contributed by atoms with van der Waals surface area (Å²) in [5.74, 6) is -0.984. The maximum Gasteiger partial charge on any atom is 0.258 e. The van der Waals surface area contributed by atoms with Crippen molar-refractivity contribution in [3.05, 3.63) is 72.1 Å². The van der Waals surface area contributed by atoms with E-state index in [4.69, 9.17) is 9.47 Å². The molecule has 0 radical (unpaired) electrons. The quantitative estimate of drug-likeness (QED) is 0.765. The summed E-state index contributed by atoms with van der Waals surface area (Å²) in [7, 11) is 0. The minimum absolute atomic E-state index is 0.238. The molecule has 1 unspecified atom stereocenters. The second kappa shape index (κ2) is 7.06. The number of aromatic nitrogens is 2. The summed E-state index contributed by atoms with van der Waals surface area (Å²) < 4.78 is 39.7. The van der Waals surface area contributed by atoms with Crippen molar-refractivity contribution in [2.75, 3.05) is 11.9 Å². The molecule has 1 amide bonds. The molecule has 0 bridgehead atoms. The average Bonchev–Trinajstić information content (AvgIpc) is 3.08. The summed E-state index contributed by atoms with van der Waals surface area (Å²) in [6.45, 7) is 0.786. The molecule has 1 atom stereocenters. The number of rotatable bonds is 4. The van der Waals surface area contributed by atoms with E-state index >= 15 is 0 Å². The topological polar surface area (TPSA) is 65.4 Å². The van der Waals surface area contributed by atoms with Gasteiger partial charge in [0.25, 0.3) is 5.91 Å². The Morgan fingerprint density at radius 1 is 1.22 bits per heavy atom. The number of ether oxygens (including phenoxy) is 2. The molecule has 1 aromatic heterocycles. The van der Waals surface area contributed by atoms with Crippen molar-refractivity contribution >= 4 is 11.6 Å². The van der Waals surface area contributed by atoms with Crippen molar-refractivity contribution < 1.29 is 23.0 Å². The number of nitrogens with zero attached hydrogens (tertiary/aromatic N) is 2. The Bertz CT molecular complexity index is 990. The molecule has 6 nitrogen and oxygen atoms in total. The number of anilines is 1. The lowest BCUT2D eigenvalue weighted by Crippen LogP contribution is -2.33. The summed E-state index contributed by atoms with van der Waals surface area (Å²) in [5, 5.41) is 6.70. The zero-order valence-corrected chi connectivity index (χ0v) is 14.1. The Hall–Kier alpha value is -3.42. The van der Waals surface area contributed by atoms with Gasteiger partial charge >= 0.3 is 0 Å². The van der Waals surface area contributed by atoms with Crippen LogP contribution in [0.1, 0.15) is 10.4 Å². The molecule has 0 fully saturated rings. The van der Waals surface area contributed by atoms with Crippen LogP contribution >= 0.6 is 0 Å². The average molecular weight is 371 g/mol. The van der Waals surface area contributed by atoms with Gasteiger partial charge in [0, 0.05) is 12.3 Å². The normalized spacial score (nSPS) is 15.4. The first kappa shape index (κ1) is 17.0. The van der Waals surface area contributed by atoms with Crippen molar-refractivity contribution in [1.29, 1.82) is 0 Å². The van der Waals surface area contributed by atoms with Crippen molar-refractivity contribution in [3.63, 3.8) is 0 Å². The van der Waals surface area contributed by atoms with E-state index in [0.717, 1.165) is 12.1 Å². The second-order valence-corrected chi connectivity index (χ2v) is 6.03. The first-order chi connectivity index (χ1) is 13.1. The fraction of sp³-hybridized carbons (Fsp3) is 0.158. The van der Waals surface area contributed by atoms with Gasteiger partial charge < -0.3 is 14.8 Å². The molecule has 2 heterocycles. The van der Waals surface area contributed by atoms with E-state index in [1.165, 1.54) is 6.20 Å². The summed E-state index contributed by atoms with van der Waals surface area (Å²) >= 11 is 0. The Labute approximate surface area is 153 Å². The number of benzene rings is 2. The van der Waals surface area contributed by atoms with Gasteiger partial charge in [-0.2, -0.15) is 5.10 Å². The molecule has 1 aliphatic heterocycles. The minimum atomic E-state index is -0.925. The Balaban J connectivity index is 1.40. The third kappa shape index (κ3) is 3.74. The predicted octanol–water partition coefficient (Wildman–Crippen LogP) is 3.25. The summed E-state index contributed by atoms with van der Waals surface area (Å²) in [4.78, 5) is 12.1. The maximum atomic E-state index is 13.7. The molecule has 2 aromatic carbocycles. The molecular formula is C19H15F2N3O3. The fourth-order valence-electron chi connectivity index (χ4n) is 2.76. The molecule has 1 N–H and O–H groups in total. The fourth-order valence-corrected chi connectivity index (χ4v) is 2.76. The van der Waals surface area contributed by atoms with Crippen LogP contribution < -0.4 is 14.8 Å². The predicted molar refractivity (Wildman–Crippen MR) is 92.9 cm³/mol. The van der Waals surface area contributed by atoms with Gasteiger partial charge in [-0.3, -0.25) is 9.48 Å². The lowest BCUT2D eigenvalue weighted by Gasteiger charge is -2.26. The van der Waals surface area contributed by atoms with Gasteiger partial charge in [-0.15, -0.1) is 0 Å². The zero-order valence-electron chi connectivity index (χ0n) is 14.1. The molecule has 8 heteroatoms. The van der Waals surface area contributed by atoms with Crippen molar-refractivity contribution in [2.45, 2.75) is 12.6 Å². The van der Waals surface area contributed by atoms with E-state index in [2.05, 4.69) is 10.4 Å². The van der Waals surface area contributed by atoms with E-state index in [1.54, 1.807) is 10.9 Å². The molecule has 0 spiro atoms. The highest BCUT2D eigenvalue weighted by atomic mass is 19.1. The van der Waals surface area contributed by atoms with Gasteiger partial charge in [0.2, 0.25) is 0 Å². The molecule has 138 valence electrons. The number of amides is 1. The van der Waals surface area contributed by atoms with E-state index in [1.807, 2.05) is 24.3 Å². The maximum absolute atomic E-state index is 13.7. The van der Waals surface area contributed by atoms with Crippen LogP contribution in [0.5, 0.6) is 11.5 Å². The second-order valence-electron chi connectivity index (χ2n) is 6.03. The van der Waals surface area contributed by atoms with Crippen LogP contribution in [0.3, 0.4) is 0 Å². The van der Waals surface area contributed by atoms with Gasteiger partial charge in [0.05, 0.1) is 24.0 Å². The van der Waals surface area contributed by atoms with Crippen LogP contribution in [0, 0.1) is 11.6 Å². The van der Waals surface area contributed by atoms with E-state index in [9.17, 15) is 13.6 Å². The van der Waals surface area contributed by atoms with Crippen molar-refractivity contribution in [1.82, 2.24) is 9.78 Å². The molecular weight excluding hydrogens is 356 g/mol. The first-order valence-electron chi connectivity index (χ1n) is 8.26. The van der Waals surface area contributed by atoms with Gasteiger partial charge in [-0.25, -0.2) is 8.78 Å². The highest BCUT2D eigenvalue weighted by Gasteiger charge is 2.21. The lowest BCUT2D eigenvalue weighted by atomic mass is 10.2. The Morgan fingerprint density at radius 2 is 2.04 bits per heavy atom. The standard InChI is InChI=1S/C19H15F2N3O3/c20-12-5-6-15(16(21)7-12)19(25)23-13-8-22-24(9-13)10-14-11-26-17-3-1-2-4-18(17)27-14/h1-9,14H,10-11H2,(H,23,25). The van der Waals surface area contributed by atoms with E-state index < -0.39 is 17.5 Å². The SMILES string of the molecule is O=C(Nc1cnn(CC2COc3ccccc3O2)c1)c1ccc(F)cc1F. The third-order valence-corrected chi connectivity index (χ3v) is 4.03. The molecule has 0 saturated heterocycles. The van der Waals surface area contributed by atoms with Crippen LogP contribution in [0.25, 0.3) is 0 Å². The molecule has 3 aromatic rings. The Kier molecular flexibility index (Phi) is 4.45. The van der Waals surface area contributed by atoms with Crippen LogP contribution in [-0.4, -0.2) is 28.4 Å². The zero-order chi connectivity index (χ0) is 18.8. The van der Waals surface area contributed by atoms with E-state index in [0.29, 0.717) is 36.4 Å². The molecule has 0 saturated carbocycles. The number of fused-ring (bicyclic) bond motifs is 1. The lowest BCUT2D eigenvalue weighted by molar-refractivity contribution is 0.0759. The number of carbonyl (C=O) groups excluding carboxylic acids is 1. The monoisotopic (exact) mass is 371 g/mol. The number of hydrogen-bond donors (Lipinski definition) is 1. The van der Waals surface area contributed by atoms with Gasteiger partial charge in [-0.05, 0) is 24.3 Å².